The molecule has 0 amide bonds. The maximum Gasteiger partial charge on any atom is 0.416 e. The first-order chi connectivity index (χ1) is 11.1. The van der Waals surface area contributed by atoms with Crippen molar-refractivity contribution in [2.75, 3.05) is 19.1 Å². The van der Waals surface area contributed by atoms with Gasteiger partial charge in [0.1, 0.15) is 0 Å². The van der Waals surface area contributed by atoms with Gasteiger partial charge in [-0.15, -0.1) is 0 Å². The molecule has 24 heavy (non-hydrogen) atoms. The maximum atomic E-state index is 12.6. The molecular formula is C14H15F3N4O3. The first-order valence-corrected chi connectivity index (χ1v) is 6.78. The number of benzene rings is 1. The number of aliphatic imine (C=N–C) groups is 1. The van der Waals surface area contributed by atoms with Crippen molar-refractivity contribution in [3.05, 3.63) is 41.1 Å². The van der Waals surface area contributed by atoms with Crippen LogP contribution in [0.5, 0.6) is 0 Å². The van der Waals surface area contributed by atoms with Crippen LogP contribution in [0.15, 0.2) is 33.8 Å². The highest BCUT2D eigenvalue weighted by Crippen LogP contribution is 2.32. The summed E-state index contributed by atoms with van der Waals surface area (Å²) in [5.41, 5.74) is -0.644. The Morgan fingerprint density at radius 3 is 2.38 bits per heavy atom. The summed E-state index contributed by atoms with van der Waals surface area (Å²) in [4.78, 5) is 4.77. The van der Waals surface area contributed by atoms with Crippen LogP contribution in [0, 0.1) is 0 Å². The predicted octanol–water partition coefficient (Wildman–Crippen LogP) is 0.670. The zero-order valence-electron chi connectivity index (χ0n) is 13.1. The van der Waals surface area contributed by atoms with E-state index in [1.54, 1.807) is 14.1 Å². The Hall–Kier alpha value is -2.62. The van der Waals surface area contributed by atoms with Crippen LogP contribution >= 0.6 is 0 Å². The Morgan fingerprint density at radius 2 is 1.92 bits per heavy atom. The summed E-state index contributed by atoms with van der Waals surface area (Å²) in [7, 11) is 3.20. The summed E-state index contributed by atoms with van der Waals surface area (Å²) < 4.78 is 42.8. The molecule has 0 spiro atoms. The molecule has 0 radical (unpaired) electrons. The Morgan fingerprint density at radius 1 is 1.33 bits per heavy atom. The standard InChI is InChI=1S/C14H15F3N4O3/c1-8(22)18-13-11(21(19-24-13)20(2)3)12(23)9-4-6-10(7-5-9)14(15,16)17/h4-7,12,23H,1-3H3. The second-order valence-electron chi connectivity index (χ2n) is 5.15. The molecule has 0 aliphatic rings. The summed E-state index contributed by atoms with van der Waals surface area (Å²) in [6, 6.07) is 3.98. The van der Waals surface area contributed by atoms with Crippen LogP contribution in [-0.4, -0.2) is 30.4 Å². The zero-order chi connectivity index (χ0) is 18.1. The predicted molar refractivity (Wildman–Crippen MR) is 75.0 cm³/mol. The van der Waals surface area contributed by atoms with E-state index < -0.39 is 23.7 Å². The van der Waals surface area contributed by atoms with E-state index in [1.807, 2.05) is 0 Å². The van der Waals surface area contributed by atoms with E-state index in [9.17, 15) is 23.4 Å². The second-order valence-corrected chi connectivity index (χ2v) is 5.15. The Labute approximate surface area is 135 Å². The summed E-state index contributed by atoms with van der Waals surface area (Å²) in [6.07, 6.45) is -5.86. The molecule has 0 aliphatic heterocycles. The topological polar surface area (TPSA) is 88.8 Å². The van der Waals surface area contributed by atoms with E-state index in [1.165, 1.54) is 11.9 Å². The second kappa shape index (κ2) is 6.48. The van der Waals surface area contributed by atoms with Gasteiger partial charge in [-0.05, 0) is 30.5 Å². The largest absolute Gasteiger partial charge is 0.862 e. The summed E-state index contributed by atoms with van der Waals surface area (Å²) in [5.74, 6) is -0.790. The van der Waals surface area contributed by atoms with Crippen LogP contribution in [0.1, 0.15) is 29.8 Å². The number of aromatic nitrogens is 2. The highest BCUT2D eigenvalue weighted by atomic mass is 19.4. The normalized spacial score (nSPS) is 13.9. The minimum Gasteiger partial charge on any atom is -0.862 e. The molecule has 1 unspecified atom stereocenters. The molecule has 2 rings (SSSR count). The average molecular weight is 344 g/mol. The first-order valence-electron chi connectivity index (χ1n) is 6.78. The molecule has 1 aromatic carbocycles. The van der Waals surface area contributed by atoms with Gasteiger partial charge in [-0.25, -0.2) is 4.99 Å². The van der Waals surface area contributed by atoms with Crippen molar-refractivity contribution in [3.63, 3.8) is 0 Å². The lowest BCUT2D eigenvalue weighted by Crippen LogP contribution is -2.57. The monoisotopic (exact) mass is 344 g/mol. The molecule has 1 aromatic heterocycles. The fourth-order valence-electron chi connectivity index (χ4n) is 2.00. The van der Waals surface area contributed by atoms with E-state index in [4.69, 9.17) is 4.52 Å². The smallest absolute Gasteiger partial charge is 0.416 e. The molecule has 130 valence electrons. The van der Waals surface area contributed by atoms with Crippen molar-refractivity contribution in [1.82, 2.24) is 5.27 Å². The molecule has 7 nitrogen and oxygen atoms in total. The molecule has 1 heterocycles. The van der Waals surface area contributed by atoms with Gasteiger partial charge in [-0.3, -0.25) is 4.52 Å². The van der Waals surface area contributed by atoms with Crippen LogP contribution in [-0.2, 0) is 6.18 Å². The van der Waals surface area contributed by atoms with Crippen molar-refractivity contribution in [2.45, 2.75) is 19.2 Å². The number of halogens is 3. The van der Waals surface area contributed by atoms with Gasteiger partial charge in [-0.1, -0.05) is 12.1 Å². The van der Waals surface area contributed by atoms with Crippen LogP contribution in [0.3, 0.4) is 0 Å². The minimum absolute atomic E-state index is 0.0231. The lowest BCUT2D eigenvalue weighted by molar-refractivity contribution is -0.761. The fourth-order valence-corrected chi connectivity index (χ4v) is 2.00. The minimum atomic E-state index is -4.47. The molecule has 0 aliphatic carbocycles. The number of aliphatic hydroxyl groups is 1. The highest BCUT2D eigenvalue weighted by Gasteiger charge is 2.36. The van der Waals surface area contributed by atoms with Crippen LogP contribution in [0.4, 0.5) is 19.1 Å². The van der Waals surface area contributed by atoms with E-state index in [0.29, 0.717) is 0 Å². The van der Waals surface area contributed by atoms with Gasteiger partial charge in [0.25, 0.3) is 0 Å². The van der Waals surface area contributed by atoms with Crippen molar-refractivity contribution in [1.29, 1.82) is 0 Å². The molecular weight excluding hydrogens is 329 g/mol. The van der Waals surface area contributed by atoms with E-state index in [-0.39, 0.29) is 17.1 Å². The van der Waals surface area contributed by atoms with Crippen molar-refractivity contribution < 1.29 is 32.7 Å². The van der Waals surface area contributed by atoms with E-state index >= 15 is 0 Å². The number of hydrogen-bond acceptors (Lipinski definition) is 6. The van der Waals surface area contributed by atoms with Gasteiger partial charge in [0.05, 0.1) is 24.4 Å². The number of nitrogens with zero attached hydrogens (tertiary/aromatic N) is 4. The summed E-state index contributed by atoms with van der Waals surface area (Å²) >= 11 is 0. The molecule has 0 saturated heterocycles. The zero-order valence-corrected chi connectivity index (χ0v) is 13.1. The molecule has 1 atom stereocenters. The first kappa shape index (κ1) is 17.7. The number of rotatable bonds is 4. The van der Waals surface area contributed by atoms with Crippen molar-refractivity contribution in [2.24, 2.45) is 4.99 Å². The van der Waals surface area contributed by atoms with E-state index in [0.717, 1.165) is 29.1 Å². The van der Waals surface area contributed by atoms with Gasteiger partial charge in [0.15, 0.2) is 6.10 Å². The van der Waals surface area contributed by atoms with Gasteiger partial charge in [0, 0.05) is 0 Å². The lowest BCUT2D eigenvalue weighted by Gasteiger charge is -2.11. The highest BCUT2D eigenvalue weighted by molar-refractivity contribution is 5.71. The molecule has 1 N–H and O–H groups in total. The molecule has 0 saturated carbocycles. The summed E-state index contributed by atoms with van der Waals surface area (Å²) in [5, 5.41) is 26.8. The quantitative estimate of drug-likeness (QED) is 0.500. The fraction of sp³-hybridized carbons (Fsp3) is 0.357. The van der Waals surface area contributed by atoms with Gasteiger partial charge >= 0.3 is 17.8 Å². The third kappa shape index (κ3) is 3.65. The van der Waals surface area contributed by atoms with Gasteiger partial charge in [-0.2, -0.15) is 18.2 Å². The summed E-state index contributed by atoms with van der Waals surface area (Å²) in [6.45, 7) is 1.19. The third-order valence-corrected chi connectivity index (χ3v) is 3.09. The Bertz CT molecular complexity index is 735. The van der Waals surface area contributed by atoms with Gasteiger partial charge < -0.3 is 10.2 Å². The Kier molecular flexibility index (Phi) is 4.78. The number of hydrogen-bond donors (Lipinski definition) is 1. The molecule has 0 bridgehead atoms. The van der Waals surface area contributed by atoms with E-state index in [2.05, 4.69) is 10.3 Å². The molecule has 2 aromatic rings. The van der Waals surface area contributed by atoms with Crippen molar-refractivity contribution in [3.8, 4) is 0 Å². The average Bonchev–Trinajstić information content (AvgIpc) is 2.88. The Balaban J connectivity index is 2.47. The van der Waals surface area contributed by atoms with Gasteiger partial charge in [0.2, 0.25) is 5.27 Å². The maximum absolute atomic E-state index is 12.6. The van der Waals surface area contributed by atoms with Crippen molar-refractivity contribution >= 4 is 11.8 Å². The van der Waals surface area contributed by atoms with Crippen LogP contribution in [0.2, 0.25) is 0 Å². The molecule has 0 fully saturated rings. The van der Waals surface area contributed by atoms with Crippen LogP contribution in [0.25, 0.3) is 0 Å². The SMILES string of the molecule is C/C([O-])=N/c1on[n+](N(C)C)c1C(O)c1ccc(C(F)(F)F)cc1. The lowest BCUT2D eigenvalue weighted by atomic mass is 10.0. The molecule has 10 heteroatoms. The number of alkyl halides is 3. The van der Waals surface area contributed by atoms with Crippen LogP contribution < -0.4 is 14.9 Å². The third-order valence-electron chi connectivity index (χ3n) is 3.09. The number of aliphatic hydroxyl groups excluding tert-OH is 1.